The van der Waals surface area contributed by atoms with Crippen LogP contribution in [0.1, 0.15) is 12.8 Å². The number of nitrogens with zero attached hydrogens (tertiary/aromatic N) is 1. The maximum absolute atomic E-state index is 13.5. The fourth-order valence-corrected chi connectivity index (χ4v) is 2.95. The summed E-state index contributed by atoms with van der Waals surface area (Å²) in [6, 6.07) is 15.7. The van der Waals surface area contributed by atoms with Crippen LogP contribution in [0.2, 0.25) is 0 Å². The Kier molecular flexibility index (Phi) is 5.88. The minimum absolute atomic E-state index is 0.00127. The second-order valence-electron chi connectivity index (χ2n) is 6.16. The first kappa shape index (κ1) is 17.3. The number of amides is 1. The summed E-state index contributed by atoms with van der Waals surface area (Å²) < 4.78 is 24.5. The minimum atomic E-state index is -0.344. The molecule has 0 N–H and O–H groups in total. The molecule has 25 heavy (non-hydrogen) atoms. The molecule has 0 spiro atoms. The highest BCUT2D eigenvalue weighted by Gasteiger charge is 2.26. The molecule has 1 saturated heterocycles. The molecule has 0 radical (unpaired) electrons. The first-order valence-corrected chi connectivity index (χ1v) is 8.55. The third-order valence-corrected chi connectivity index (χ3v) is 4.36. The second kappa shape index (κ2) is 8.51. The van der Waals surface area contributed by atoms with Crippen molar-refractivity contribution in [2.24, 2.45) is 5.92 Å². The van der Waals surface area contributed by atoms with Gasteiger partial charge in [0.05, 0.1) is 6.61 Å². The van der Waals surface area contributed by atoms with Gasteiger partial charge in [-0.05, 0) is 43.0 Å². The van der Waals surface area contributed by atoms with E-state index in [2.05, 4.69) is 0 Å². The highest BCUT2D eigenvalue weighted by atomic mass is 19.1. The van der Waals surface area contributed by atoms with E-state index in [-0.39, 0.29) is 24.1 Å². The van der Waals surface area contributed by atoms with Crippen molar-refractivity contribution in [2.75, 3.05) is 26.3 Å². The number of para-hydroxylation sites is 2. The number of hydrogen-bond acceptors (Lipinski definition) is 3. The molecule has 0 saturated carbocycles. The Labute approximate surface area is 147 Å². The zero-order valence-corrected chi connectivity index (χ0v) is 14.1. The maximum Gasteiger partial charge on any atom is 0.260 e. The predicted octanol–water partition coefficient (Wildman–Crippen LogP) is 3.52. The average Bonchev–Trinajstić information content (AvgIpc) is 3.11. The molecule has 1 amide bonds. The van der Waals surface area contributed by atoms with E-state index in [9.17, 15) is 9.18 Å². The van der Waals surface area contributed by atoms with Crippen LogP contribution in [-0.4, -0.2) is 37.1 Å². The van der Waals surface area contributed by atoms with Gasteiger partial charge in [0.15, 0.2) is 18.2 Å². The Hall–Kier alpha value is -2.56. The number of benzene rings is 2. The zero-order valence-electron chi connectivity index (χ0n) is 14.1. The summed E-state index contributed by atoms with van der Waals surface area (Å²) in [7, 11) is 0. The van der Waals surface area contributed by atoms with E-state index < -0.39 is 0 Å². The van der Waals surface area contributed by atoms with Gasteiger partial charge in [0, 0.05) is 13.1 Å². The number of halogens is 1. The van der Waals surface area contributed by atoms with Crippen LogP contribution in [0.25, 0.3) is 0 Å². The lowest BCUT2D eigenvalue weighted by Crippen LogP contribution is -2.33. The lowest BCUT2D eigenvalue weighted by molar-refractivity contribution is -0.132. The van der Waals surface area contributed by atoms with Crippen molar-refractivity contribution in [3.63, 3.8) is 0 Å². The summed E-state index contributed by atoms with van der Waals surface area (Å²) in [5.74, 6) is 1.02. The predicted molar refractivity (Wildman–Crippen MR) is 93.1 cm³/mol. The van der Waals surface area contributed by atoms with E-state index >= 15 is 0 Å². The average molecular weight is 343 g/mol. The number of ether oxygens (including phenoxy) is 2. The van der Waals surface area contributed by atoms with Gasteiger partial charge >= 0.3 is 0 Å². The summed E-state index contributed by atoms with van der Waals surface area (Å²) in [6.45, 7) is 1.95. The molecule has 0 aromatic heterocycles. The Bertz CT molecular complexity index is 692. The van der Waals surface area contributed by atoms with E-state index in [4.69, 9.17) is 9.47 Å². The van der Waals surface area contributed by atoms with E-state index in [1.54, 1.807) is 18.2 Å². The van der Waals surface area contributed by atoms with Crippen LogP contribution in [0.4, 0.5) is 4.39 Å². The quantitative estimate of drug-likeness (QED) is 0.772. The van der Waals surface area contributed by atoms with Crippen molar-refractivity contribution < 1.29 is 18.7 Å². The third kappa shape index (κ3) is 4.95. The van der Waals surface area contributed by atoms with Crippen molar-refractivity contribution >= 4 is 5.91 Å². The lowest BCUT2D eigenvalue weighted by atomic mass is 10.1. The topological polar surface area (TPSA) is 38.8 Å². The highest BCUT2D eigenvalue weighted by Crippen LogP contribution is 2.22. The summed E-state index contributed by atoms with van der Waals surface area (Å²) >= 11 is 0. The van der Waals surface area contributed by atoms with Gasteiger partial charge in [0.25, 0.3) is 5.91 Å². The standard InChI is InChI=1S/C20H22FNO3/c21-18-8-4-5-9-19(18)24-13-11-16-10-12-22(14-16)20(23)15-25-17-6-2-1-3-7-17/h1-9,16H,10-15H2. The lowest BCUT2D eigenvalue weighted by Gasteiger charge is -2.17. The highest BCUT2D eigenvalue weighted by molar-refractivity contribution is 5.78. The van der Waals surface area contributed by atoms with Gasteiger partial charge in [-0.25, -0.2) is 4.39 Å². The van der Waals surface area contributed by atoms with E-state index in [1.165, 1.54) is 6.07 Å². The Balaban J connectivity index is 1.38. The molecule has 1 heterocycles. The van der Waals surface area contributed by atoms with Gasteiger partial charge in [-0.1, -0.05) is 30.3 Å². The number of hydrogen-bond donors (Lipinski definition) is 0. The maximum atomic E-state index is 13.5. The monoisotopic (exact) mass is 343 g/mol. The molecule has 3 rings (SSSR count). The van der Waals surface area contributed by atoms with E-state index in [0.29, 0.717) is 24.8 Å². The summed E-state index contributed by atoms with van der Waals surface area (Å²) in [6.07, 6.45) is 1.75. The van der Waals surface area contributed by atoms with Gasteiger partial charge in [0.1, 0.15) is 5.75 Å². The van der Waals surface area contributed by atoms with Crippen molar-refractivity contribution in [3.8, 4) is 11.5 Å². The SMILES string of the molecule is O=C(COc1ccccc1)N1CCC(CCOc2ccccc2F)C1. The smallest absolute Gasteiger partial charge is 0.260 e. The van der Waals surface area contributed by atoms with Gasteiger partial charge in [-0.15, -0.1) is 0 Å². The number of likely N-dealkylation sites (tertiary alicyclic amines) is 1. The van der Waals surface area contributed by atoms with Crippen LogP contribution in [0.5, 0.6) is 11.5 Å². The Morgan fingerprint density at radius 1 is 1.08 bits per heavy atom. The first-order chi connectivity index (χ1) is 12.2. The van der Waals surface area contributed by atoms with Crippen LogP contribution in [0.3, 0.4) is 0 Å². The van der Waals surface area contributed by atoms with Crippen molar-refractivity contribution in [1.82, 2.24) is 4.90 Å². The number of carbonyl (C=O) groups excluding carboxylic acids is 1. The molecule has 2 aromatic carbocycles. The molecular formula is C20H22FNO3. The fraction of sp³-hybridized carbons (Fsp3) is 0.350. The second-order valence-corrected chi connectivity index (χ2v) is 6.16. The normalized spacial score (nSPS) is 16.7. The molecule has 0 bridgehead atoms. The van der Waals surface area contributed by atoms with Crippen LogP contribution in [-0.2, 0) is 4.79 Å². The molecule has 1 unspecified atom stereocenters. The molecule has 1 atom stereocenters. The van der Waals surface area contributed by atoms with Gasteiger partial charge in [-0.3, -0.25) is 4.79 Å². The van der Waals surface area contributed by atoms with Crippen LogP contribution in [0.15, 0.2) is 54.6 Å². The van der Waals surface area contributed by atoms with Crippen molar-refractivity contribution in [1.29, 1.82) is 0 Å². The molecule has 1 aliphatic rings. The number of carbonyl (C=O) groups is 1. The van der Waals surface area contributed by atoms with Gasteiger partial charge < -0.3 is 14.4 Å². The van der Waals surface area contributed by atoms with Crippen molar-refractivity contribution in [2.45, 2.75) is 12.8 Å². The summed E-state index contributed by atoms with van der Waals surface area (Å²) in [5, 5.41) is 0. The number of rotatable bonds is 7. The molecule has 0 aliphatic carbocycles. The van der Waals surface area contributed by atoms with Gasteiger partial charge in [-0.2, -0.15) is 0 Å². The molecule has 132 valence electrons. The Morgan fingerprint density at radius 3 is 2.64 bits per heavy atom. The summed E-state index contributed by atoms with van der Waals surface area (Å²) in [4.78, 5) is 14.1. The van der Waals surface area contributed by atoms with Gasteiger partial charge in [0.2, 0.25) is 0 Å². The fourth-order valence-electron chi connectivity index (χ4n) is 2.95. The van der Waals surface area contributed by atoms with Crippen molar-refractivity contribution in [3.05, 3.63) is 60.4 Å². The Morgan fingerprint density at radius 2 is 1.84 bits per heavy atom. The van der Waals surface area contributed by atoms with Crippen LogP contribution < -0.4 is 9.47 Å². The molecule has 1 aliphatic heterocycles. The van der Waals surface area contributed by atoms with Crippen LogP contribution in [0, 0.1) is 11.7 Å². The molecule has 1 fully saturated rings. The summed E-state index contributed by atoms with van der Waals surface area (Å²) in [5.41, 5.74) is 0. The minimum Gasteiger partial charge on any atom is -0.491 e. The van der Waals surface area contributed by atoms with Crippen LogP contribution >= 0.6 is 0 Å². The molecular weight excluding hydrogens is 321 g/mol. The zero-order chi connectivity index (χ0) is 17.5. The van der Waals surface area contributed by atoms with E-state index in [1.807, 2.05) is 35.2 Å². The largest absolute Gasteiger partial charge is 0.491 e. The third-order valence-electron chi connectivity index (χ3n) is 4.36. The first-order valence-electron chi connectivity index (χ1n) is 8.55. The molecule has 2 aromatic rings. The molecule has 5 heteroatoms. The molecule has 4 nitrogen and oxygen atoms in total. The van der Waals surface area contributed by atoms with E-state index in [0.717, 1.165) is 19.4 Å².